The highest BCUT2D eigenvalue weighted by atomic mass is 19.1. The number of rotatable bonds is 5. The predicted molar refractivity (Wildman–Crippen MR) is 111 cm³/mol. The Labute approximate surface area is 167 Å². The lowest BCUT2D eigenvalue weighted by Gasteiger charge is -2.30. The molecule has 1 unspecified atom stereocenters. The van der Waals surface area contributed by atoms with E-state index >= 15 is 0 Å². The SMILES string of the molecule is Cn1cnc2cc(Nc3nc(NC4CCCC[C@@H]4N)c(F)cc3C(N)=O)ccc21. The van der Waals surface area contributed by atoms with Gasteiger partial charge in [-0.1, -0.05) is 12.8 Å². The van der Waals surface area contributed by atoms with Crippen LogP contribution in [0.15, 0.2) is 30.6 Å². The number of aromatic nitrogens is 3. The number of nitrogens with two attached hydrogens (primary N) is 2. The third-order valence-corrected chi connectivity index (χ3v) is 5.37. The number of anilines is 3. The van der Waals surface area contributed by atoms with Crippen molar-refractivity contribution in [1.82, 2.24) is 14.5 Å². The number of amides is 1. The summed E-state index contributed by atoms with van der Waals surface area (Å²) in [5, 5.41) is 6.18. The average molecular weight is 397 g/mol. The van der Waals surface area contributed by atoms with Crippen molar-refractivity contribution < 1.29 is 9.18 Å². The van der Waals surface area contributed by atoms with E-state index in [0.29, 0.717) is 5.69 Å². The van der Waals surface area contributed by atoms with Crippen LogP contribution < -0.4 is 22.1 Å². The van der Waals surface area contributed by atoms with E-state index in [2.05, 4.69) is 20.6 Å². The van der Waals surface area contributed by atoms with Crippen LogP contribution in [0.5, 0.6) is 0 Å². The minimum Gasteiger partial charge on any atom is -0.365 e. The fraction of sp³-hybridized carbons (Fsp3) is 0.350. The third-order valence-electron chi connectivity index (χ3n) is 5.37. The Balaban J connectivity index is 1.67. The Hall–Kier alpha value is -3.20. The first kappa shape index (κ1) is 19.1. The maximum Gasteiger partial charge on any atom is 0.252 e. The molecule has 0 aliphatic heterocycles. The Bertz CT molecular complexity index is 1060. The molecule has 4 rings (SSSR count). The van der Waals surface area contributed by atoms with Crippen LogP contribution in [0, 0.1) is 5.82 Å². The number of aryl methyl sites for hydroxylation is 1. The van der Waals surface area contributed by atoms with Gasteiger partial charge in [-0.25, -0.2) is 14.4 Å². The maximum absolute atomic E-state index is 14.6. The first-order chi connectivity index (χ1) is 13.9. The highest BCUT2D eigenvalue weighted by Crippen LogP contribution is 2.27. The van der Waals surface area contributed by atoms with Crippen molar-refractivity contribution in [3.05, 3.63) is 42.0 Å². The lowest BCUT2D eigenvalue weighted by atomic mass is 9.91. The molecular weight excluding hydrogens is 373 g/mol. The topological polar surface area (TPSA) is 124 Å². The number of pyridine rings is 1. The molecule has 6 N–H and O–H groups in total. The van der Waals surface area contributed by atoms with Crippen molar-refractivity contribution in [1.29, 1.82) is 0 Å². The maximum atomic E-state index is 14.6. The van der Waals surface area contributed by atoms with Crippen molar-refractivity contribution in [3.8, 4) is 0 Å². The van der Waals surface area contributed by atoms with Gasteiger partial charge < -0.3 is 26.7 Å². The number of primary amides is 1. The van der Waals surface area contributed by atoms with Gasteiger partial charge in [-0.2, -0.15) is 0 Å². The van der Waals surface area contributed by atoms with Crippen LogP contribution in [-0.2, 0) is 7.05 Å². The lowest BCUT2D eigenvalue weighted by molar-refractivity contribution is 0.100. The van der Waals surface area contributed by atoms with Gasteiger partial charge in [-0.15, -0.1) is 0 Å². The Morgan fingerprint density at radius 2 is 2.03 bits per heavy atom. The molecule has 2 heterocycles. The summed E-state index contributed by atoms with van der Waals surface area (Å²) in [5.74, 6) is -1.17. The average Bonchev–Trinajstić information content (AvgIpc) is 3.06. The molecule has 0 spiro atoms. The molecule has 1 aromatic carbocycles. The van der Waals surface area contributed by atoms with Gasteiger partial charge in [0.05, 0.1) is 22.9 Å². The molecule has 1 amide bonds. The standard InChI is InChI=1S/C20H24FN7O/c1-28-10-24-16-8-11(6-7-17(16)28)25-19-12(18(23)29)9-13(21)20(27-19)26-15-5-3-2-4-14(15)22/h6-10,14-15H,2-5,22H2,1H3,(H2,23,29)(H2,25,26,27)/t14-,15?/m0/s1. The van der Waals surface area contributed by atoms with Crippen molar-refractivity contribution >= 4 is 34.3 Å². The molecule has 29 heavy (non-hydrogen) atoms. The van der Waals surface area contributed by atoms with E-state index in [4.69, 9.17) is 11.5 Å². The van der Waals surface area contributed by atoms with Gasteiger partial charge >= 0.3 is 0 Å². The van der Waals surface area contributed by atoms with Gasteiger partial charge in [0.1, 0.15) is 5.82 Å². The highest BCUT2D eigenvalue weighted by Gasteiger charge is 2.24. The molecule has 0 radical (unpaired) electrons. The molecule has 0 saturated heterocycles. The molecule has 9 heteroatoms. The Morgan fingerprint density at radius 3 is 2.79 bits per heavy atom. The van der Waals surface area contributed by atoms with E-state index in [1.165, 1.54) is 0 Å². The predicted octanol–water partition coefficient (Wildman–Crippen LogP) is 2.63. The van der Waals surface area contributed by atoms with Crippen LogP contribution in [0.4, 0.5) is 21.7 Å². The number of halogens is 1. The van der Waals surface area contributed by atoms with E-state index in [9.17, 15) is 9.18 Å². The number of nitrogens with zero attached hydrogens (tertiary/aromatic N) is 3. The van der Waals surface area contributed by atoms with E-state index in [-0.39, 0.29) is 29.3 Å². The van der Waals surface area contributed by atoms with Crippen LogP contribution >= 0.6 is 0 Å². The van der Waals surface area contributed by atoms with Gasteiger partial charge in [0, 0.05) is 24.8 Å². The number of carbonyl (C=O) groups is 1. The summed E-state index contributed by atoms with van der Waals surface area (Å²) in [6, 6.07) is 6.54. The summed E-state index contributed by atoms with van der Waals surface area (Å²) < 4.78 is 16.5. The Kier molecular flexibility index (Phi) is 5.06. The minimum absolute atomic E-state index is 0.0258. The molecule has 1 aliphatic rings. The zero-order chi connectivity index (χ0) is 20.5. The summed E-state index contributed by atoms with van der Waals surface area (Å²) in [4.78, 5) is 20.5. The zero-order valence-corrected chi connectivity index (χ0v) is 16.2. The van der Waals surface area contributed by atoms with Gasteiger partial charge in [-0.3, -0.25) is 4.79 Å². The van der Waals surface area contributed by atoms with Crippen LogP contribution in [0.3, 0.4) is 0 Å². The molecule has 3 aromatic rings. The van der Waals surface area contributed by atoms with Gasteiger partial charge in [0.15, 0.2) is 11.6 Å². The molecule has 2 aromatic heterocycles. The van der Waals surface area contributed by atoms with Crippen molar-refractivity contribution in [3.63, 3.8) is 0 Å². The van der Waals surface area contributed by atoms with Crippen LogP contribution in [0.2, 0.25) is 0 Å². The summed E-state index contributed by atoms with van der Waals surface area (Å²) in [7, 11) is 1.91. The largest absolute Gasteiger partial charge is 0.365 e. The molecule has 8 nitrogen and oxygen atoms in total. The number of hydrogen-bond acceptors (Lipinski definition) is 6. The molecule has 0 bridgehead atoms. The monoisotopic (exact) mass is 397 g/mol. The molecule has 1 saturated carbocycles. The summed E-state index contributed by atoms with van der Waals surface area (Å²) >= 11 is 0. The van der Waals surface area contributed by atoms with E-state index in [0.717, 1.165) is 42.8 Å². The number of fused-ring (bicyclic) bond motifs is 1. The summed E-state index contributed by atoms with van der Waals surface area (Å²) in [5.41, 5.74) is 14.0. The number of hydrogen-bond donors (Lipinski definition) is 4. The quantitative estimate of drug-likeness (QED) is 0.525. The van der Waals surface area contributed by atoms with E-state index < -0.39 is 11.7 Å². The van der Waals surface area contributed by atoms with Gasteiger partial charge in [0.25, 0.3) is 5.91 Å². The molecule has 2 atom stereocenters. The molecule has 152 valence electrons. The molecule has 1 aliphatic carbocycles. The summed E-state index contributed by atoms with van der Waals surface area (Å²) in [6.45, 7) is 0. The number of benzene rings is 1. The summed E-state index contributed by atoms with van der Waals surface area (Å²) in [6.07, 6.45) is 5.54. The lowest BCUT2D eigenvalue weighted by Crippen LogP contribution is -2.43. The van der Waals surface area contributed by atoms with Crippen LogP contribution in [-0.4, -0.2) is 32.5 Å². The van der Waals surface area contributed by atoms with Crippen LogP contribution in [0.1, 0.15) is 36.0 Å². The number of nitrogens with one attached hydrogen (secondary N) is 2. The second-order valence-corrected chi connectivity index (χ2v) is 7.46. The fourth-order valence-electron chi connectivity index (χ4n) is 3.74. The smallest absolute Gasteiger partial charge is 0.252 e. The highest BCUT2D eigenvalue weighted by molar-refractivity contribution is 5.98. The van der Waals surface area contributed by atoms with Crippen LogP contribution in [0.25, 0.3) is 11.0 Å². The minimum atomic E-state index is -0.765. The Morgan fingerprint density at radius 1 is 1.24 bits per heavy atom. The van der Waals surface area contributed by atoms with E-state index in [1.807, 2.05) is 29.8 Å². The number of imidazole rings is 1. The molecule has 1 fully saturated rings. The second kappa shape index (κ2) is 7.67. The van der Waals surface area contributed by atoms with Gasteiger partial charge in [0.2, 0.25) is 0 Å². The van der Waals surface area contributed by atoms with Crippen molar-refractivity contribution in [2.45, 2.75) is 37.8 Å². The normalized spacial score (nSPS) is 19.3. The van der Waals surface area contributed by atoms with Crippen molar-refractivity contribution in [2.75, 3.05) is 10.6 Å². The zero-order valence-electron chi connectivity index (χ0n) is 16.2. The van der Waals surface area contributed by atoms with E-state index in [1.54, 1.807) is 6.33 Å². The fourth-order valence-corrected chi connectivity index (χ4v) is 3.74. The second-order valence-electron chi connectivity index (χ2n) is 7.46. The first-order valence-electron chi connectivity index (χ1n) is 9.63. The first-order valence-corrected chi connectivity index (χ1v) is 9.63. The number of carbonyl (C=O) groups excluding carboxylic acids is 1. The van der Waals surface area contributed by atoms with Gasteiger partial charge in [-0.05, 0) is 37.1 Å². The molecular formula is C20H24FN7O. The third kappa shape index (κ3) is 3.86. The van der Waals surface area contributed by atoms with Crippen molar-refractivity contribution in [2.24, 2.45) is 18.5 Å².